The lowest BCUT2D eigenvalue weighted by atomic mass is 10.3. The zero-order chi connectivity index (χ0) is 15.1. The average molecular weight is 393 g/mol. The Morgan fingerprint density at radius 3 is 2.86 bits per heavy atom. The van der Waals surface area contributed by atoms with Crippen LogP contribution in [0.2, 0.25) is 0 Å². The summed E-state index contributed by atoms with van der Waals surface area (Å²) in [4.78, 5) is 14.3. The average Bonchev–Trinajstić information content (AvgIpc) is 2.48. The van der Waals surface area contributed by atoms with Crippen molar-refractivity contribution in [1.82, 2.24) is 15.5 Å². The van der Waals surface area contributed by atoms with Gasteiger partial charge in [-0.15, -0.1) is 12.4 Å². The van der Waals surface area contributed by atoms with Gasteiger partial charge < -0.3 is 15.4 Å². The highest BCUT2D eigenvalue weighted by Crippen LogP contribution is 2.18. The monoisotopic (exact) mass is 391 g/mol. The first kappa shape index (κ1) is 19.2. The van der Waals surface area contributed by atoms with Gasteiger partial charge in [0.15, 0.2) is 6.10 Å². The van der Waals surface area contributed by atoms with Gasteiger partial charge in [0, 0.05) is 43.7 Å². The molecule has 7 heteroatoms. The molecule has 2 N–H and O–H groups in total. The van der Waals surface area contributed by atoms with E-state index in [1.54, 1.807) is 6.92 Å². The fourth-order valence-corrected chi connectivity index (χ4v) is 2.59. The molecular weight excluding hydrogens is 370 g/mol. The maximum Gasteiger partial charge on any atom is 0.260 e. The number of piperazine rings is 1. The molecule has 1 unspecified atom stereocenters. The summed E-state index contributed by atoms with van der Waals surface area (Å²) in [7, 11) is 0. The number of nitrogens with zero attached hydrogens (tertiary/aromatic N) is 1. The van der Waals surface area contributed by atoms with Crippen LogP contribution in [0.4, 0.5) is 0 Å². The van der Waals surface area contributed by atoms with Gasteiger partial charge in [-0.3, -0.25) is 9.69 Å². The summed E-state index contributed by atoms with van der Waals surface area (Å²) in [6.07, 6.45) is -0.498. The van der Waals surface area contributed by atoms with Gasteiger partial charge in [-0.25, -0.2) is 0 Å². The van der Waals surface area contributed by atoms with Gasteiger partial charge >= 0.3 is 0 Å². The van der Waals surface area contributed by atoms with Crippen molar-refractivity contribution in [2.24, 2.45) is 0 Å². The van der Waals surface area contributed by atoms with E-state index in [9.17, 15) is 4.79 Å². The van der Waals surface area contributed by atoms with Crippen molar-refractivity contribution < 1.29 is 9.53 Å². The van der Waals surface area contributed by atoms with Crippen molar-refractivity contribution in [2.45, 2.75) is 13.0 Å². The van der Waals surface area contributed by atoms with E-state index in [4.69, 9.17) is 4.74 Å². The number of ether oxygens (including phenoxy) is 1. The molecule has 1 aliphatic rings. The second-order valence-electron chi connectivity index (χ2n) is 5.10. The number of nitrogens with one attached hydrogen (secondary N) is 2. The van der Waals surface area contributed by atoms with Crippen LogP contribution >= 0.6 is 28.3 Å². The molecular formula is C15H23BrClN3O2. The van der Waals surface area contributed by atoms with Crippen LogP contribution in [0.5, 0.6) is 5.75 Å². The molecule has 1 aromatic rings. The first-order chi connectivity index (χ1) is 10.1. The lowest BCUT2D eigenvalue weighted by Gasteiger charge is -2.27. The quantitative estimate of drug-likeness (QED) is 0.773. The summed E-state index contributed by atoms with van der Waals surface area (Å²) < 4.78 is 6.57. The van der Waals surface area contributed by atoms with Gasteiger partial charge in [0.25, 0.3) is 5.91 Å². The summed E-state index contributed by atoms with van der Waals surface area (Å²) in [5.74, 6) is 0.610. The van der Waals surface area contributed by atoms with Crippen molar-refractivity contribution in [3.05, 3.63) is 28.7 Å². The third-order valence-electron chi connectivity index (χ3n) is 3.42. The van der Waals surface area contributed by atoms with E-state index in [-0.39, 0.29) is 18.3 Å². The number of hydrogen-bond donors (Lipinski definition) is 2. The summed E-state index contributed by atoms with van der Waals surface area (Å²) in [6, 6.07) is 7.50. The number of benzene rings is 1. The molecule has 5 nitrogen and oxygen atoms in total. The van der Waals surface area contributed by atoms with Crippen molar-refractivity contribution >= 4 is 34.2 Å². The number of rotatable bonds is 6. The summed E-state index contributed by atoms with van der Waals surface area (Å²) in [5, 5.41) is 6.24. The van der Waals surface area contributed by atoms with Gasteiger partial charge in [-0.1, -0.05) is 22.0 Å². The minimum absolute atomic E-state index is 0. The normalized spacial score (nSPS) is 16.5. The smallest absolute Gasteiger partial charge is 0.260 e. The predicted octanol–water partition coefficient (Wildman–Crippen LogP) is 1.66. The third kappa shape index (κ3) is 6.52. The molecule has 1 saturated heterocycles. The van der Waals surface area contributed by atoms with Gasteiger partial charge in [-0.05, 0) is 25.1 Å². The molecule has 0 spiro atoms. The minimum atomic E-state index is -0.498. The van der Waals surface area contributed by atoms with Crippen LogP contribution in [-0.2, 0) is 4.79 Å². The molecule has 1 heterocycles. The Bertz CT molecular complexity index is 470. The predicted molar refractivity (Wildman–Crippen MR) is 93.8 cm³/mol. The van der Waals surface area contributed by atoms with Crippen LogP contribution in [0, 0.1) is 0 Å². The van der Waals surface area contributed by atoms with E-state index in [0.717, 1.165) is 37.2 Å². The van der Waals surface area contributed by atoms with E-state index < -0.39 is 6.10 Å². The largest absolute Gasteiger partial charge is 0.481 e. The standard InChI is InChI=1S/C15H22BrN3O2.ClH/c1-12(21-14-4-2-3-13(16)11-14)15(20)18-7-10-19-8-5-17-6-9-19;/h2-4,11-12,17H,5-10H2,1H3,(H,18,20);1H. The maximum absolute atomic E-state index is 12.0. The first-order valence-corrected chi connectivity index (χ1v) is 8.07. The molecule has 1 aromatic carbocycles. The molecule has 1 amide bonds. The molecule has 2 rings (SSSR count). The Balaban J connectivity index is 0.00000242. The van der Waals surface area contributed by atoms with Crippen molar-refractivity contribution in [1.29, 1.82) is 0 Å². The van der Waals surface area contributed by atoms with E-state index in [1.165, 1.54) is 0 Å². The SMILES string of the molecule is CC(Oc1cccc(Br)c1)C(=O)NCCN1CCNCC1.Cl. The summed E-state index contributed by atoms with van der Waals surface area (Å²) >= 11 is 3.38. The first-order valence-electron chi connectivity index (χ1n) is 7.28. The Morgan fingerprint density at radius 2 is 2.18 bits per heavy atom. The topological polar surface area (TPSA) is 53.6 Å². The lowest BCUT2D eigenvalue weighted by molar-refractivity contribution is -0.127. The highest BCUT2D eigenvalue weighted by atomic mass is 79.9. The van der Waals surface area contributed by atoms with Crippen LogP contribution < -0.4 is 15.4 Å². The minimum Gasteiger partial charge on any atom is -0.481 e. The Hall–Kier alpha value is -0.820. The molecule has 0 aliphatic carbocycles. The number of amides is 1. The van der Waals surface area contributed by atoms with Crippen LogP contribution in [0.25, 0.3) is 0 Å². The molecule has 0 radical (unpaired) electrons. The second kappa shape index (κ2) is 10.0. The lowest BCUT2D eigenvalue weighted by Crippen LogP contribution is -2.47. The van der Waals surface area contributed by atoms with Crippen molar-refractivity contribution in [2.75, 3.05) is 39.3 Å². The number of halogens is 2. The molecule has 124 valence electrons. The third-order valence-corrected chi connectivity index (χ3v) is 3.91. The van der Waals surface area contributed by atoms with E-state index in [0.29, 0.717) is 12.3 Å². The van der Waals surface area contributed by atoms with Crippen molar-refractivity contribution in [3.63, 3.8) is 0 Å². The molecule has 1 aliphatic heterocycles. The van der Waals surface area contributed by atoms with Crippen molar-refractivity contribution in [3.8, 4) is 5.75 Å². The highest BCUT2D eigenvalue weighted by Gasteiger charge is 2.15. The summed E-state index contributed by atoms with van der Waals surface area (Å²) in [5.41, 5.74) is 0. The number of carbonyl (C=O) groups is 1. The Kier molecular flexibility index (Phi) is 8.78. The van der Waals surface area contributed by atoms with E-state index >= 15 is 0 Å². The Labute approximate surface area is 146 Å². The van der Waals surface area contributed by atoms with Crippen LogP contribution in [0.3, 0.4) is 0 Å². The van der Waals surface area contributed by atoms with Gasteiger partial charge in [0.1, 0.15) is 5.75 Å². The molecule has 0 aromatic heterocycles. The maximum atomic E-state index is 12.0. The number of hydrogen-bond acceptors (Lipinski definition) is 4. The molecule has 0 bridgehead atoms. The summed E-state index contributed by atoms with van der Waals surface area (Å²) in [6.45, 7) is 7.44. The molecule has 1 fully saturated rings. The van der Waals surface area contributed by atoms with Gasteiger partial charge in [0.05, 0.1) is 0 Å². The zero-order valence-corrected chi connectivity index (χ0v) is 15.1. The molecule has 22 heavy (non-hydrogen) atoms. The van der Waals surface area contributed by atoms with Crippen LogP contribution in [-0.4, -0.2) is 56.2 Å². The molecule has 0 saturated carbocycles. The molecule has 1 atom stereocenters. The van der Waals surface area contributed by atoms with Crippen LogP contribution in [0.1, 0.15) is 6.92 Å². The Morgan fingerprint density at radius 1 is 1.45 bits per heavy atom. The fourth-order valence-electron chi connectivity index (χ4n) is 2.21. The number of carbonyl (C=O) groups excluding carboxylic acids is 1. The fraction of sp³-hybridized carbons (Fsp3) is 0.533. The highest BCUT2D eigenvalue weighted by molar-refractivity contribution is 9.10. The second-order valence-corrected chi connectivity index (χ2v) is 6.02. The van der Waals surface area contributed by atoms with Gasteiger partial charge in [0.2, 0.25) is 0 Å². The van der Waals surface area contributed by atoms with E-state index in [2.05, 4.69) is 31.5 Å². The van der Waals surface area contributed by atoms with Crippen LogP contribution in [0.15, 0.2) is 28.7 Å². The van der Waals surface area contributed by atoms with Gasteiger partial charge in [-0.2, -0.15) is 0 Å². The van der Waals surface area contributed by atoms with E-state index in [1.807, 2.05) is 24.3 Å². The zero-order valence-electron chi connectivity index (χ0n) is 12.7.